The Bertz CT molecular complexity index is 1080. The predicted molar refractivity (Wildman–Crippen MR) is 127 cm³/mol. The molecule has 0 radical (unpaired) electrons. The van der Waals surface area contributed by atoms with Gasteiger partial charge in [-0.05, 0) is 43.0 Å². The number of benzene rings is 2. The smallest absolute Gasteiger partial charge is 0.240 e. The molecule has 2 saturated heterocycles. The van der Waals surface area contributed by atoms with E-state index in [-0.39, 0.29) is 17.6 Å². The van der Waals surface area contributed by atoms with Crippen LogP contribution in [0.3, 0.4) is 0 Å². The number of nitrogens with zero attached hydrogens (tertiary/aromatic N) is 2. The van der Waals surface area contributed by atoms with Crippen molar-refractivity contribution in [2.45, 2.75) is 37.6 Å². The summed E-state index contributed by atoms with van der Waals surface area (Å²) in [6.45, 7) is 3.12. The fourth-order valence-electron chi connectivity index (χ4n) is 4.60. The number of ether oxygens (including phenoxy) is 2. The van der Waals surface area contributed by atoms with Gasteiger partial charge in [0.2, 0.25) is 5.91 Å². The number of hydrogen-bond acceptors (Lipinski definition) is 6. The van der Waals surface area contributed by atoms with Crippen LogP contribution >= 0.6 is 22.9 Å². The van der Waals surface area contributed by atoms with Crippen molar-refractivity contribution in [3.05, 3.63) is 59.1 Å². The molecule has 3 heterocycles. The molecule has 0 unspecified atom stereocenters. The van der Waals surface area contributed by atoms with Crippen molar-refractivity contribution < 1.29 is 14.3 Å². The van der Waals surface area contributed by atoms with Crippen molar-refractivity contribution in [3.63, 3.8) is 0 Å². The van der Waals surface area contributed by atoms with Crippen molar-refractivity contribution in [3.8, 4) is 0 Å². The number of nitrogens with one attached hydrogen (secondary N) is 1. The lowest BCUT2D eigenvalue weighted by molar-refractivity contribution is -0.159. The first-order valence-electron chi connectivity index (χ1n) is 11.0. The molecule has 3 aromatic rings. The van der Waals surface area contributed by atoms with Gasteiger partial charge >= 0.3 is 0 Å². The number of amides is 1. The summed E-state index contributed by atoms with van der Waals surface area (Å²) in [5, 5.41) is 4.20. The molecule has 2 atom stereocenters. The second-order valence-corrected chi connectivity index (χ2v) is 9.93. The Kier molecular flexibility index (Phi) is 6.44. The number of halogens is 1. The van der Waals surface area contributed by atoms with Crippen LogP contribution in [-0.4, -0.2) is 53.7 Å². The standard InChI is InChI=1S/C24H26ClN3O3S/c25-18-7-8-19-20(13-18)32-23(26-19)27-22(29)15-28-11-10-24(9-4-12-31-24)21(14-28)30-16-17-5-2-1-3-6-17/h1-3,5-8,13,21H,4,9-12,14-16H2,(H,26,27,29)/t21-,24+/m0/s1. The summed E-state index contributed by atoms with van der Waals surface area (Å²) in [5.74, 6) is -0.0692. The van der Waals surface area contributed by atoms with Crippen molar-refractivity contribution >= 4 is 44.2 Å². The number of fused-ring (bicyclic) bond motifs is 1. The zero-order valence-electron chi connectivity index (χ0n) is 17.8. The van der Waals surface area contributed by atoms with Gasteiger partial charge in [-0.2, -0.15) is 0 Å². The van der Waals surface area contributed by atoms with E-state index in [2.05, 4.69) is 27.3 Å². The third-order valence-electron chi connectivity index (χ3n) is 6.25. The van der Waals surface area contributed by atoms with Gasteiger partial charge in [-0.3, -0.25) is 9.69 Å². The summed E-state index contributed by atoms with van der Waals surface area (Å²) in [6.07, 6.45) is 2.89. The lowest BCUT2D eigenvalue weighted by Gasteiger charge is -2.44. The highest BCUT2D eigenvalue weighted by Crippen LogP contribution is 2.38. The van der Waals surface area contributed by atoms with Crippen LogP contribution in [0.15, 0.2) is 48.5 Å². The Balaban J connectivity index is 1.22. The summed E-state index contributed by atoms with van der Waals surface area (Å²) < 4.78 is 13.5. The summed E-state index contributed by atoms with van der Waals surface area (Å²) in [7, 11) is 0. The molecule has 5 rings (SSSR count). The second kappa shape index (κ2) is 9.45. The molecule has 1 amide bonds. The van der Waals surface area contributed by atoms with Crippen molar-refractivity contribution in [1.82, 2.24) is 9.88 Å². The van der Waals surface area contributed by atoms with Gasteiger partial charge in [0.15, 0.2) is 5.13 Å². The maximum Gasteiger partial charge on any atom is 0.240 e. The normalized spacial score (nSPS) is 23.7. The van der Waals surface area contributed by atoms with E-state index in [4.69, 9.17) is 21.1 Å². The molecule has 0 aliphatic carbocycles. The zero-order chi connectivity index (χ0) is 22.0. The minimum absolute atomic E-state index is 0.0589. The molecule has 2 fully saturated rings. The molecule has 1 N–H and O–H groups in total. The minimum atomic E-state index is -0.228. The molecule has 2 aromatic carbocycles. The van der Waals surface area contributed by atoms with E-state index in [1.807, 2.05) is 30.3 Å². The van der Waals surface area contributed by atoms with Crippen LogP contribution in [0.2, 0.25) is 5.02 Å². The van der Waals surface area contributed by atoms with Gasteiger partial charge in [0.1, 0.15) is 0 Å². The molecule has 32 heavy (non-hydrogen) atoms. The molecular weight excluding hydrogens is 446 g/mol. The molecule has 2 aliphatic heterocycles. The summed E-state index contributed by atoms with van der Waals surface area (Å²) in [6, 6.07) is 15.7. The molecule has 6 nitrogen and oxygen atoms in total. The van der Waals surface area contributed by atoms with Gasteiger partial charge in [-0.1, -0.05) is 53.3 Å². The van der Waals surface area contributed by atoms with Gasteiger partial charge in [0, 0.05) is 24.7 Å². The first-order valence-corrected chi connectivity index (χ1v) is 12.2. The first kappa shape index (κ1) is 21.8. The van der Waals surface area contributed by atoms with Crippen molar-refractivity contribution in [2.75, 3.05) is 31.6 Å². The Hall–Kier alpha value is -2.03. The number of carbonyl (C=O) groups is 1. The molecule has 2 aliphatic rings. The summed E-state index contributed by atoms with van der Waals surface area (Å²) >= 11 is 7.49. The third-order valence-corrected chi connectivity index (χ3v) is 7.42. The Morgan fingerprint density at radius 2 is 2.16 bits per heavy atom. The van der Waals surface area contributed by atoms with E-state index in [0.29, 0.717) is 29.9 Å². The highest BCUT2D eigenvalue weighted by atomic mass is 35.5. The Labute approximate surface area is 196 Å². The van der Waals surface area contributed by atoms with E-state index in [9.17, 15) is 4.79 Å². The monoisotopic (exact) mass is 471 g/mol. The van der Waals surface area contributed by atoms with Gasteiger partial charge in [-0.15, -0.1) is 0 Å². The Morgan fingerprint density at radius 1 is 1.28 bits per heavy atom. The second-order valence-electron chi connectivity index (χ2n) is 8.47. The largest absolute Gasteiger partial charge is 0.372 e. The number of aromatic nitrogens is 1. The number of carbonyl (C=O) groups excluding carboxylic acids is 1. The third kappa shape index (κ3) is 4.82. The van der Waals surface area contributed by atoms with E-state index < -0.39 is 0 Å². The zero-order valence-corrected chi connectivity index (χ0v) is 19.3. The van der Waals surface area contributed by atoms with Gasteiger partial charge < -0.3 is 14.8 Å². The van der Waals surface area contributed by atoms with Crippen LogP contribution in [0, 0.1) is 0 Å². The number of rotatable bonds is 6. The Morgan fingerprint density at radius 3 is 2.97 bits per heavy atom. The number of likely N-dealkylation sites (tertiary alicyclic amines) is 1. The van der Waals surface area contributed by atoms with E-state index in [0.717, 1.165) is 48.2 Å². The number of hydrogen-bond donors (Lipinski definition) is 1. The molecule has 8 heteroatoms. The maximum absolute atomic E-state index is 12.7. The fourth-order valence-corrected chi connectivity index (χ4v) is 5.76. The SMILES string of the molecule is O=C(CN1CC[C@]2(CCCO2)[C@@H](OCc2ccccc2)C1)Nc1nc2ccc(Cl)cc2s1. The quantitative estimate of drug-likeness (QED) is 0.563. The van der Waals surface area contributed by atoms with Gasteiger partial charge in [-0.25, -0.2) is 4.98 Å². The lowest BCUT2D eigenvalue weighted by Crippen LogP contribution is -2.57. The van der Waals surface area contributed by atoms with E-state index >= 15 is 0 Å². The summed E-state index contributed by atoms with van der Waals surface area (Å²) in [5.41, 5.74) is 1.75. The maximum atomic E-state index is 12.7. The summed E-state index contributed by atoms with van der Waals surface area (Å²) in [4.78, 5) is 19.4. The predicted octanol–water partition coefficient (Wildman–Crippen LogP) is 4.73. The average Bonchev–Trinajstić information content (AvgIpc) is 3.41. The van der Waals surface area contributed by atoms with Crippen LogP contribution in [0.1, 0.15) is 24.8 Å². The fraction of sp³-hybridized carbons (Fsp3) is 0.417. The molecule has 168 valence electrons. The van der Waals surface area contributed by atoms with Gasteiger partial charge in [0.05, 0.1) is 35.1 Å². The van der Waals surface area contributed by atoms with E-state index in [1.165, 1.54) is 11.3 Å². The average molecular weight is 472 g/mol. The molecule has 0 bridgehead atoms. The minimum Gasteiger partial charge on any atom is -0.372 e. The molecule has 1 spiro atoms. The van der Waals surface area contributed by atoms with Crippen molar-refractivity contribution in [1.29, 1.82) is 0 Å². The van der Waals surface area contributed by atoms with E-state index in [1.54, 1.807) is 6.07 Å². The molecular formula is C24H26ClN3O3S. The number of thiazole rings is 1. The van der Waals surface area contributed by atoms with Crippen LogP contribution in [0.25, 0.3) is 10.2 Å². The molecule has 1 aromatic heterocycles. The van der Waals surface area contributed by atoms with Crippen LogP contribution in [-0.2, 0) is 20.9 Å². The highest BCUT2D eigenvalue weighted by molar-refractivity contribution is 7.22. The first-order chi connectivity index (χ1) is 15.6. The van der Waals surface area contributed by atoms with Crippen LogP contribution in [0.5, 0.6) is 0 Å². The van der Waals surface area contributed by atoms with Gasteiger partial charge in [0.25, 0.3) is 0 Å². The van der Waals surface area contributed by atoms with Crippen molar-refractivity contribution in [2.24, 2.45) is 0 Å². The lowest BCUT2D eigenvalue weighted by atomic mass is 9.85. The van der Waals surface area contributed by atoms with Crippen LogP contribution in [0.4, 0.5) is 5.13 Å². The number of piperidine rings is 1. The topological polar surface area (TPSA) is 63.7 Å². The van der Waals surface area contributed by atoms with Crippen LogP contribution < -0.4 is 5.32 Å². The number of anilines is 1. The highest BCUT2D eigenvalue weighted by Gasteiger charge is 2.47. The molecule has 0 saturated carbocycles.